The van der Waals surface area contributed by atoms with Gasteiger partial charge in [0.1, 0.15) is 0 Å². The Kier molecular flexibility index (Phi) is 1.95. The molecule has 3 rings (SSSR count). The number of aromatic nitrogens is 3. The van der Waals surface area contributed by atoms with Crippen LogP contribution < -0.4 is 0 Å². The quantitative estimate of drug-likeness (QED) is 0.764. The largest absolute Gasteiger partial charge is 0.374 e. The second kappa shape index (κ2) is 3.32. The van der Waals surface area contributed by atoms with Crippen molar-refractivity contribution >= 4 is 5.52 Å². The summed E-state index contributed by atoms with van der Waals surface area (Å²) in [6.45, 7) is 0. The van der Waals surface area contributed by atoms with E-state index in [1.54, 1.807) is 18.7 Å². The number of rotatable bonds is 2. The van der Waals surface area contributed by atoms with Crippen molar-refractivity contribution in [3.05, 3.63) is 30.1 Å². The van der Waals surface area contributed by atoms with Crippen LogP contribution in [0, 0.1) is 12.3 Å². The molecule has 0 amide bonds. The van der Waals surface area contributed by atoms with E-state index in [-0.39, 0.29) is 0 Å². The predicted octanol–water partition coefficient (Wildman–Crippen LogP) is 1.27. The average molecular weight is 213 g/mol. The van der Waals surface area contributed by atoms with Crippen molar-refractivity contribution < 1.29 is 5.11 Å². The Morgan fingerprint density at radius 3 is 3.00 bits per heavy atom. The molecule has 2 heterocycles. The molecule has 4 heteroatoms. The maximum absolute atomic E-state index is 9.88. The monoisotopic (exact) mass is 213 g/mol. The van der Waals surface area contributed by atoms with E-state index < -0.39 is 6.10 Å². The molecular weight excluding hydrogens is 202 g/mol. The van der Waals surface area contributed by atoms with Gasteiger partial charge in [0.2, 0.25) is 0 Å². The van der Waals surface area contributed by atoms with Gasteiger partial charge in [0.15, 0.2) is 6.10 Å². The summed E-state index contributed by atoms with van der Waals surface area (Å²) in [5.74, 6) is 2.80. The second-order valence-electron chi connectivity index (χ2n) is 4.06. The van der Waals surface area contributed by atoms with Crippen molar-refractivity contribution in [2.24, 2.45) is 0 Å². The van der Waals surface area contributed by atoms with E-state index in [1.807, 2.05) is 4.40 Å². The van der Waals surface area contributed by atoms with Gasteiger partial charge in [0.25, 0.3) is 0 Å². The van der Waals surface area contributed by atoms with Crippen molar-refractivity contribution in [1.29, 1.82) is 0 Å². The van der Waals surface area contributed by atoms with Gasteiger partial charge in [-0.05, 0) is 12.8 Å². The van der Waals surface area contributed by atoms with Crippen molar-refractivity contribution in [1.82, 2.24) is 14.4 Å². The Hall–Kier alpha value is -1.86. The fourth-order valence-corrected chi connectivity index (χ4v) is 1.95. The molecule has 0 bridgehead atoms. The van der Waals surface area contributed by atoms with Crippen molar-refractivity contribution in [2.45, 2.75) is 24.9 Å². The Morgan fingerprint density at radius 2 is 2.31 bits per heavy atom. The molecule has 80 valence electrons. The maximum atomic E-state index is 9.88. The molecule has 2 aromatic rings. The molecule has 0 spiro atoms. The summed E-state index contributed by atoms with van der Waals surface area (Å²) in [7, 11) is 0. The smallest absolute Gasteiger partial charge is 0.156 e. The minimum atomic E-state index is -0.916. The summed E-state index contributed by atoms with van der Waals surface area (Å²) in [5, 5.41) is 9.88. The van der Waals surface area contributed by atoms with Crippen LogP contribution in [0.25, 0.3) is 5.52 Å². The number of imidazole rings is 1. The van der Waals surface area contributed by atoms with E-state index in [1.165, 1.54) is 0 Å². The highest BCUT2D eigenvalue weighted by molar-refractivity contribution is 5.46. The van der Waals surface area contributed by atoms with E-state index in [9.17, 15) is 5.11 Å². The number of aliphatic hydroxyl groups excluding tert-OH is 1. The van der Waals surface area contributed by atoms with Crippen LogP contribution in [0.3, 0.4) is 0 Å². The molecule has 0 saturated heterocycles. The van der Waals surface area contributed by atoms with Crippen LogP contribution in [-0.4, -0.2) is 19.5 Å². The molecule has 4 nitrogen and oxygen atoms in total. The number of fused-ring (bicyclic) bond motifs is 1. The Labute approximate surface area is 93.0 Å². The Morgan fingerprint density at radius 1 is 1.50 bits per heavy atom. The van der Waals surface area contributed by atoms with E-state index in [0.29, 0.717) is 11.6 Å². The number of aliphatic hydroxyl groups is 1. The molecule has 0 radical (unpaired) electrons. The summed E-state index contributed by atoms with van der Waals surface area (Å²) in [6, 6.07) is 0. The predicted molar refractivity (Wildman–Crippen MR) is 58.8 cm³/mol. The lowest BCUT2D eigenvalue weighted by molar-refractivity contribution is 0.230. The van der Waals surface area contributed by atoms with Crippen LogP contribution in [-0.2, 0) is 0 Å². The van der Waals surface area contributed by atoms with Crippen molar-refractivity contribution in [3.8, 4) is 12.3 Å². The van der Waals surface area contributed by atoms with E-state index in [4.69, 9.17) is 6.42 Å². The van der Waals surface area contributed by atoms with Gasteiger partial charge in [0, 0.05) is 5.92 Å². The van der Waals surface area contributed by atoms with Gasteiger partial charge in [-0.3, -0.25) is 9.38 Å². The van der Waals surface area contributed by atoms with Gasteiger partial charge in [-0.1, -0.05) is 5.92 Å². The summed E-state index contributed by atoms with van der Waals surface area (Å²) < 4.78 is 1.82. The highest BCUT2D eigenvalue weighted by Gasteiger charge is 2.30. The summed E-state index contributed by atoms with van der Waals surface area (Å²) in [6.07, 6.45) is 11.8. The first kappa shape index (κ1) is 9.37. The molecule has 1 saturated carbocycles. The van der Waals surface area contributed by atoms with Gasteiger partial charge in [-0.2, -0.15) is 0 Å². The Balaban J connectivity index is 2.28. The second-order valence-corrected chi connectivity index (χ2v) is 4.06. The summed E-state index contributed by atoms with van der Waals surface area (Å²) in [4.78, 5) is 8.44. The lowest BCUT2D eigenvalue weighted by Crippen LogP contribution is -2.08. The zero-order valence-corrected chi connectivity index (χ0v) is 8.67. The van der Waals surface area contributed by atoms with Crippen LogP contribution in [0.15, 0.2) is 18.7 Å². The maximum Gasteiger partial charge on any atom is 0.156 e. The molecule has 1 aliphatic carbocycles. The third-order valence-corrected chi connectivity index (χ3v) is 2.91. The third kappa shape index (κ3) is 1.29. The van der Waals surface area contributed by atoms with E-state index in [0.717, 1.165) is 24.1 Å². The normalized spacial score (nSPS) is 17.2. The molecule has 0 unspecified atom stereocenters. The molecule has 1 fully saturated rings. The number of hydrogen-bond acceptors (Lipinski definition) is 3. The topological polar surface area (TPSA) is 50.4 Å². The number of hydrogen-bond donors (Lipinski definition) is 1. The van der Waals surface area contributed by atoms with Gasteiger partial charge >= 0.3 is 0 Å². The number of nitrogens with zero attached hydrogens (tertiary/aromatic N) is 3. The van der Waals surface area contributed by atoms with Crippen LogP contribution in [0.1, 0.15) is 36.3 Å². The molecule has 0 aliphatic heterocycles. The van der Waals surface area contributed by atoms with E-state index in [2.05, 4.69) is 15.9 Å². The Bertz CT molecular complexity index is 577. The fraction of sp³-hybridized carbons (Fsp3) is 0.333. The van der Waals surface area contributed by atoms with Gasteiger partial charge in [-0.15, -0.1) is 6.42 Å². The van der Waals surface area contributed by atoms with Crippen molar-refractivity contribution in [3.63, 3.8) is 0 Å². The highest BCUT2D eigenvalue weighted by Crippen LogP contribution is 2.41. The SMILES string of the molecule is C#C[C@H](O)c1c(C2CC2)ncc2cncn12. The average Bonchev–Trinajstić information content (AvgIpc) is 3.04. The molecule has 1 N–H and O–H groups in total. The lowest BCUT2D eigenvalue weighted by atomic mass is 10.1. The standard InChI is InChI=1S/C12H11N3O/c1-2-10(16)12-11(8-3-4-8)14-6-9-5-13-7-15(9)12/h1,5-8,10,16H,3-4H2/t10-/m0/s1. The van der Waals surface area contributed by atoms with Crippen molar-refractivity contribution in [2.75, 3.05) is 0 Å². The van der Waals surface area contributed by atoms with Gasteiger partial charge in [0.05, 0.1) is 35.6 Å². The molecule has 2 aromatic heterocycles. The zero-order chi connectivity index (χ0) is 11.1. The first-order valence-corrected chi connectivity index (χ1v) is 5.26. The summed E-state index contributed by atoms with van der Waals surface area (Å²) >= 11 is 0. The van der Waals surface area contributed by atoms with Gasteiger partial charge < -0.3 is 5.11 Å². The first-order chi connectivity index (χ1) is 7.81. The third-order valence-electron chi connectivity index (χ3n) is 2.91. The van der Waals surface area contributed by atoms with Crippen LogP contribution in [0.5, 0.6) is 0 Å². The minimum Gasteiger partial charge on any atom is -0.374 e. The van der Waals surface area contributed by atoms with Crippen LogP contribution >= 0.6 is 0 Å². The van der Waals surface area contributed by atoms with E-state index >= 15 is 0 Å². The van der Waals surface area contributed by atoms with Gasteiger partial charge in [-0.25, -0.2) is 4.98 Å². The first-order valence-electron chi connectivity index (χ1n) is 5.26. The lowest BCUT2D eigenvalue weighted by Gasteiger charge is -2.12. The van der Waals surface area contributed by atoms with Crippen LogP contribution in [0.2, 0.25) is 0 Å². The molecule has 0 aromatic carbocycles. The van der Waals surface area contributed by atoms with Crippen LogP contribution in [0.4, 0.5) is 0 Å². The summed E-state index contributed by atoms with van der Waals surface area (Å²) in [5.41, 5.74) is 2.46. The fourth-order valence-electron chi connectivity index (χ4n) is 1.95. The molecular formula is C12H11N3O. The highest BCUT2D eigenvalue weighted by atomic mass is 16.3. The number of terminal acetylenes is 1. The molecule has 1 aliphatic rings. The molecule has 1 atom stereocenters. The minimum absolute atomic E-state index is 0.449. The molecule has 16 heavy (non-hydrogen) atoms. The zero-order valence-electron chi connectivity index (χ0n) is 8.67.